The third kappa shape index (κ3) is 4.00. The zero-order chi connectivity index (χ0) is 11.8. The number of nitrogens with one attached hydrogen (secondary N) is 1. The van der Waals surface area contributed by atoms with Gasteiger partial charge in [-0.05, 0) is 25.3 Å². The molecule has 0 saturated carbocycles. The Morgan fingerprint density at radius 2 is 2.25 bits per heavy atom. The molecule has 0 radical (unpaired) electrons. The molecule has 0 fully saturated rings. The van der Waals surface area contributed by atoms with E-state index >= 15 is 0 Å². The van der Waals surface area contributed by atoms with Gasteiger partial charge in [-0.25, -0.2) is 10.8 Å². The molecule has 0 aliphatic rings. The molecule has 0 amide bonds. The largest absolute Gasteiger partial charge is 0.396 e. The van der Waals surface area contributed by atoms with Gasteiger partial charge in [0.15, 0.2) is 0 Å². The monoisotopic (exact) mass is 225 g/mol. The van der Waals surface area contributed by atoms with E-state index in [0.717, 1.165) is 31.6 Å². The van der Waals surface area contributed by atoms with Gasteiger partial charge in [-0.15, -0.1) is 0 Å². The number of nitrogens with two attached hydrogens (primary N) is 1. The quantitative estimate of drug-likeness (QED) is 0.353. The number of hydrazine groups is 1. The van der Waals surface area contributed by atoms with Crippen molar-refractivity contribution in [2.45, 2.75) is 19.3 Å². The predicted molar refractivity (Wildman–Crippen MR) is 64.0 cm³/mol. The maximum atomic E-state index is 8.66. The van der Waals surface area contributed by atoms with E-state index in [1.807, 2.05) is 18.0 Å². The number of anilines is 2. The molecule has 0 spiro atoms. The summed E-state index contributed by atoms with van der Waals surface area (Å²) in [7, 11) is 1.97. The molecule has 1 heterocycles. The van der Waals surface area contributed by atoms with Crippen molar-refractivity contribution in [2.24, 2.45) is 5.84 Å². The molecule has 0 aromatic carbocycles. The minimum atomic E-state index is 0.262. The van der Waals surface area contributed by atoms with E-state index in [1.54, 1.807) is 6.20 Å². The van der Waals surface area contributed by atoms with Gasteiger partial charge in [0.05, 0.1) is 0 Å². The Hall–Kier alpha value is -1.40. The highest BCUT2D eigenvalue weighted by molar-refractivity contribution is 5.40. The summed E-state index contributed by atoms with van der Waals surface area (Å²) in [5.41, 5.74) is 2.42. The zero-order valence-corrected chi connectivity index (χ0v) is 9.56. The lowest BCUT2D eigenvalue weighted by atomic mass is 10.2. The van der Waals surface area contributed by atoms with Gasteiger partial charge in [0.1, 0.15) is 5.82 Å². The first-order valence-corrected chi connectivity index (χ1v) is 5.39. The summed E-state index contributed by atoms with van der Waals surface area (Å²) in [6, 6.07) is 1.84. The fraction of sp³-hybridized carbons (Fsp3) is 0.600. The lowest BCUT2D eigenvalue weighted by Crippen LogP contribution is -2.21. The molecule has 0 saturated heterocycles. The maximum absolute atomic E-state index is 8.66. The molecular formula is C10H19N5O. The normalized spacial score (nSPS) is 10.2. The van der Waals surface area contributed by atoms with Crippen LogP contribution in [-0.2, 0) is 0 Å². The number of hydrogen-bond donors (Lipinski definition) is 3. The van der Waals surface area contributed by atoms with E-state index < -0.39 is 0 Å². The number of nitrogen functional groups attached to an aromatic ring is 1. The van der Waals surface area contributed by atoms with E-state index in [9.17, 15) is 0 Å². The molecule has 0 unspecified atom stereocenters. The second-order valence-electron chi connectivity index (χ2n) is 3.59. The van der Waals surface area contributed by atoms with Crippen molar-refractivity contribution in [1.29, 1.82) is 0 Å². The summed E-state index contributed by atoms with van der Waals surface area (Å²) in [4.78, 5) is 10.2. The predicted octanol–water partition coefficient (Wildman–Crippen LogP) is 0.361. The van der Waals surface area contributed by atoms with Gasteiger partial charge in [0.2, 0.25) is 5.95 Å². The van der Waals surface area contributed by atoms with Crippen molar-refractivity contribution < 1.29 is 5.11 Å². The molecule has 0 atom stereocenters. The van der Waals surface area contributed by atoms with E-state index in [2.05, 4.69) is 15.4 Å². The van der Waals surface area contributed by atoms with Crippen LogP contribution in [0.2, 0.25) is 0 Å². The minimum absolute atomic E-state index is 0.262. The highest BCUT2D eigenvalue weighted by Crippen LogP contribution is 2.10. The topological polar surface area (TPSA) is 87.3 Å². The number of nitrogens with zero attached hydrogens (tertiary/aromatic N) is 3. The lowest BCUT2D eigenvalue weighted by molar-refractivity contribution is 0.283. The van der Waals surface area contributed by atoms with Crippen LogP contribution in [0.1, 0.15) is 19.3 Å². The standard InChI is InChI=1S/C10H19N5O/c1-15(7-3-2-4-8-16)9-5-6-12-10(13-9)14-11/h5-6,16H,2-4,7-8,11H2,1H3,(H,12,13,14). The number of aliphatic hydroxyl groups is 1. The Balaban J connectivity index is 2.42. The number of rotatable bonds is 7. The first-order chi connectivity index (χ1) is 7.77. The fourth-order valence-electron chi connectivity index (χ4n) is 1.38. The number of aliphatic hydroxyl groups excluding tert-OH is 1. The molecule has 4 N–H and O–H groups in total. The molecule has 0 aliphatic carbocycles. The first-order valence-electron chi connectivity index (χ1n) is 5.39. The molecule has 1 aromatic heterocycles. The van der Waals surface area contributed by atoms with Crippen LogP contribution in [0.3, 0.4) is 0 Å². The molecule has 90 valence electrons. The van der Waals surface area contributed by atoms with Crippen molar-refractivity contribution in [3.05, 3.63) is 12.3 Å². The summed E-state index contributed by atoms with van der Waals surface area (Å²) in [5, 5.41) is 8.66. The van der Waals surface area contributed by atoms with Crippen molar-refractivity contribution >= 4 is 11.8 Å². The molecule has 1 rings (SSSR count). The fourth-order valence-corrected chi connectivity index (χ4v) is 1.38. The van der Waals surface area contributed by atoms with E-state index in [0.29, 0.717) is 5.95 Å². The second kappa shape index (κ2) is 6.97. The molecule has 1 aromatic rings. The number of unbranched alkanes of at least 4 members (excludes halogenated alkanes) is 2. The summed E-state index contributed by atoms with van der Waals surface area (Å²) in [5.74, 6) is 6.49. The highest BCUT2D eigenvalue weighted by atomic mass is 16.2. The average Bonchev–Trinajstić information content (AvgIpc) is 2.34. The highest BCUT2D eigenvalue weighted by Gasteiger charge is 2.03. The van der Waals surface area contributed by atoms with Crippen molar-refractivity contribution in [2.75, 3.05) is 30.5 Å². The maximum Gasteiger partial charge on any atom is 0.239 e. The van der Waals surface area contributed by atoms with E-state index in [4.69, 9.17) is 10.9 Å². The molecule has 0 bridgehead atoms. The van der Waals surface area contributed by atoms with Crippen LogP contribution in [0.25, 0.3) is 0 Å². The van der Waals surface area contributed by atoms with Gasteiger partial charge in [-0.2, -0.15) is 4.98 Å². The van der Waals surface area contributed by atoms with Crippen LogP contribution < -0.4 is 16.2 Å². The lowest BCUT2D eigenvalue weighted by Gasteiger charge is -2.18. The SMILES string of the molecule is CN(CCCCCO)c1ccnc(NN)n1. The minimum Gasteiger partial charge on any atom is -0.396 e. The van der Waals surface area contributed by atoms with Gasteiger partial charge in [0.25, 0.3) is 0 Å². The summed E-state index contributed by atoms with van der Waals surface area (Å²) in [6.07, 6.45) is 4.58. The second-order valence-corrected chi connectivity index (χ2v) is 3.59. The molecule has 16 heavy (non-hydrogen) atoms. The van der Waals surface area contributed by atoms with Crippen LogP contribution in [0.5, 0.6) is 0 Å². The van der Waals surface area contributed by atoms with Crippen LogP contribution in [0.15, 0.2) is 12.3 Å². The number of aromatic nitrogens is 2. The Morgan fingerprint density at radius 1 is 1.44 bits per heavy atom. The Bertz CT molecular complexity index is 307. The molecule has 0 aliphatic heterocycles. The van der Waals surface area contributed by atoms with E-state index in [-0.39, 0.29) is 6.61 Å². The summed E-state index contributed by atoms with van der Waals surface area (Å²) >= 11 is 0. The average molecular weight is 225 g/mol. The van der Waals surface area contributed by atoms with Gasteiger partial charge >= 0.3 is 0 Å². The van der Waals surface area contributed by atoms with Crippen LogP contribution in [0, 0.1) is 0 Å². The van der Waals surface area contributed by atoms with Crippen LogP contribution in [-0.4, -0.2) is 35.3 Å². The van der Waals surface area contributed by atoms with Crippen molar-refractivity contribution in [3.8, 4) is 0 Å². The summed E-state index contributed by atoms with van der Waals surface area (Å²) in [6.45, 7) is 1.17. The van der Waals surface area contributed by atoms with Gasteiger partial charge in [-0.3, -0.25) is 5.43 Å². The Labute approximate surface area is 95.5 Å². The van der Waals surface area contributed by atoms with Crippen LogP contribution in [0.4, 0.5) is 11.8 Å². The Morgan fingerprint density at radius 3 is 2.94 bits per heavy atom. The Kier molecular flexibility index (Phi) is 5.52. The smallest absolute Gasteiger partial charge is 0.239 e. The van der Waals surface area contributed by atoms with Crippen LogP contribution >= 0.6 is 0 Å². The van der Waals surface area contributed by atoms with Gasteiger partial charge in [-0.1, -0.05) is 0 Å². The molecule has 6 heteroatoms. The summed E-state index contributed by atoms with van der Waals surface area (Å²) < 4.78 is 0. The van der Waals surface area contributed by atoms with Crippen molar-refractivity contribution in [3.63, 3.8) is 0 Å². The molecular weight excluding hydrogens is 206 g/mol. The molecule has 6 nitrogen and oxygen atoms in total. The van der Waals surface area contributed by atoms with Crippen molar-refractivity contribution in [1.82, 2.24) is 9.97 Å². The third-order valence-electron chi connectivity index (χ3n) is 2.31. The first kappa shape index (κ1) is 12.7. The van der Waals surface area contributed by atoms with Gasteiger partial charge < -0.3 is 10.0 Å². The number of hydrogen-bond acceptors (Lipinski definition) is 6. The zero-order valence-electron chi connectivity index (χ0n) is 9.56. The third-order valence-corrected chi connectivity index (χ3v) is 2.31. The van der Waals surface area contributed by atoms with Gasteiger partial charge in [0, 0.05) is 26.4 Å². The van der Waals surface area contributed by atoms with E-state index in [1.165, 1.54) is 0 Å².